The zero-order valence-corrected chi connectivity index (χ0v) is 15.1. The van der Waals surface area contributed by atoms with Crippen LogP contribution in [0.25, 0.3) is 0 Å². The molecule has 0 aromatic heterocycles. The summed E-state index contributed by atoms with van der Waals surface area (Å²) in [6, 6.07) is 12.4. The molecule has 2 heterocycles. The van der Waals surface area contributed by atoms with Crippen molar-refractivity contribution in [2.45, 2.75) is 10.7 Å². The number of rotatable bonds is 3. The van der Waals surface area contributed by atoms with Crippen LogP contribution in [0.4, 0.5) is 8.78 Å². The first kappa shape index (κ1) is 17.4. The number of carbonyl (C=O) groups is 2. The van der Waals surface area contributed by atoms with Gasteiger partial charge in [-0.3, -0.25) is 9.59 Å². The lowest BCUT2D eigenvalue weighted by Gasteiger charge is -2.36. The van der Waals surface area contributed by atoms with Crippen molar-refractivity contribution >= 4 is 35.3 Å². The maximum Gasteiger partial charge on any atom is 0.252 e. The highest BCUT2D eigenvalue weighted by Crippen LogP contribution is 2.48. The molecule has 2 unspecified atom stereocenters. The van der Waals surface area contributed by atoms with E-state index in [0.29, 0.717) is 11.1 Å². The number of hydrazine groups is 1. The van der Waals surface area contributed by atoms with Crippen LogP contribution in [0.1, 0.15) is 21.9 Å². The largest absolute Gasteiger partial charge is 0.272 e. The van der Waals surface area contributed by atoms with Gasteiger partial charge in [0, 0.05) is 11.1 Å². The van der Waals surface area contributed by atoms with Gasteiger partial charge in [0.25, 0.3) is 11.8 Å². The molecule has 0 saturated carbocycles. The summed E-state index contributed by atoms with van der Waals surface area (Å²) < 4.78 is 28.6. The molecule has 4 nitrogen and oxygen atoms in total. The van der Waals surface area contributed by atoms with Crippen molar-refractivity contribution in [2.24, 2.45) is 0 Å². The van der Waals surface area contributed by atoms with Gasteiger partial charge in [0.05, 0.1) is 11.5 Å². The fourth-order valence-corrected chi connectivity index (χ4v) is 5.42. The van der Waals surface area contributed by atoms with E-state index in [1.807, 2.05) is 0 Å². The number of nitrogens with zero attached hydrogens (tertiary/aromatic N) is 2. The number of carbonyl (C=O) groups excluding carboxylic acids is 2. The Balaban J connectivity index is 1.75. The molecule has 0 bridgehead atoms. The maximum atomic E-state index is 14.3. The Morgan fingerprint density at radius 3 is 1.50 bits per heavy atom. The molecule has 0 radical (unpaired) electrons. The Morgan fingerprint density at radius 2 is 1.12 bits per heavy atom. The van der Waals surface area contributed by atoms with E-state index >= 15 is 0 Å². The van der Waals surface area contributed by atoms with Crippen molar-refractivity contribution in [1.29, 1.82) is 0 Å². The molecule has 134 valence electrons. The van der Waals surface area contributed by atoms with Crippen LogP contribution in [0.15, 0.2) is 48.5 Å². The van der Waals surface area contributed by atoms with Crippen LogP contribution in [0, 0.1) is 11.6 Å². The Hall–Kier alpha value is -2.06. The smallest absolute Gasteiger partial charge is 0.252 e. The van der Waals surface area contributed by atoms with Crippen molar-refractivity contribution in [3.63, 3.8) is 0 Å². The molecule has 0 aliphatic carbocycles. The second-order valence-electron chi connectivity index (χ2n) is 5.85. The Bertz CT molecular complexity index is 808. The van der Waals surface area contributed by atoms with Crippen LogP contribution in [-0.4, -0.2) is 33.3 Å². The van der Waals surface area contributed by atoms with Crippen LogP contribution in [-0.2, 0) is 9.59 Å². The van der Waals surface area contributed by atoms with Gasteiger partial charge in [0.15, 0.2) is 0 Å². The number of halogens is 2. The third-order valence-corrected chi connectivity index (χ3v) is 6.63. The molecule has 8 heteroatoms. The minimum Gasteiger partial charge on any atom is -0.272 e. The zero-order valence-electron chi connectivity index (χ0n) is 13.5. The molecule has 2 atom stereocenters. The summed E-state index contributed by atoms with van der Waals surface area (Å²) in [7, 11) is 0. The normalized spacial score (nSPS) is 23.2. The lowest BCUT2D eigenvalue weighted by molar-refractivity contribution is -0.161. The predicted octanol–water partition coefficient (Wildman–Crippen LogP) is 3.73. The zero-order chi connectivity index (χ0) is 18.3. The van der Waals surface area contributed by atoms with Gasteiger partial charge in [-0.15, -0.1) is 23.5 Å². The van der Waals surface area contributed by atoms with Crippen molar-refractivity contribution < 1.29 is 18.4 Å². The van der Waals surface area contributed by atoms with Gasteiger partial charge < -0.3 is 0 Å². The molecule has 2 fully saturated rings. The third kappa shape index (κ3) is 2.87. The van der Waals surface area contributed by atoms with E-state index in [1.165, 1.54) is 45.7 Å². The van der Waals surface area contributed by atoms with Gasteiger partial charge in [-0.25, -0.2) is 18.8 Å². The summed E-state index contributed by atoms with van der Waals surface area (Å²) in [4.78, 5) is 25.1. The van der Waals surface area contributed by atoms with Gasteiger partial charge in [-0.1, -0.05) is 36.4 Å². The number of amides is 2. The molecule has 2 aromatic carbocycles. The summed E-state index contributed by atoms with van der Waals surface area (Å²) >= 11 is 2.51. The lowest BCUT2D eigenvalue weighted by atomic mass is 10.2. The summed E-state index contributed by atoms with van der Waals surface area (Å²) in [6.07, 6.45) is 0. The van der Waals surface area contributed by atoms with Gasteiger partial charge in [0.1, 0.15) is 22.4 Å². The molecule has 26 heavy (non-hydrogen) atoms. The fraction of sp³-hybridized carbons (Fsp3) is 0.222. The van der Waals surface area contributed by atoms with Crippen LogP contribution in [0.3, 0.4) is 0 Å². The Morgan fingerprint density at radius 1 is 0.731 bits per heavy atom. The average molecular weight is 392 g/mol. The average Bonchev–Trinajstić information content (AvgIpc) is 3.18. The molecule has 4 rings (SSSR count). The van der Waals surface area contributed by atoms with E-state index in [1.54, 1.807) is 36.4 Å². The minimum absolute atomic E-state index is 0.136. The molecule has 2 saturated heterocycles. The topological polar surface area (TPSA) is 40.6 Å². The second-order valence-corrected chi connectivity index (χ2v) is 7.98. The fourth-order valence-electron chi connectivity index (χ4n) is 3.10. The van der Waals surface area contributed by atoms with Crippen LogP contribution in [0.5, 0.6) is 0 Å². The van der Waals surface area contributed by atoms with E-state index in [-0.39, 0.29) is 23.3 Å². The molecule has 2 aliphatic rings. The van der Waals surface area contributed by atoms with Gasteiger partial charge in [-0.05, 0) is 12.1 Å². The summed E-state index contributed by atoms with van der Waals surface area (Å²) in [6.45, 7) is 0. The van der Waals surface area contributed by atoms with Gasteiger partial charge in [-0.2, -0.15) is 0 Å². The van der Waals surface area contributed by atoms with Gasteiger partial charge >= 0.3 is 0 Å². The van der Waals surface area contributed by atoms with Crippen molar-refractivity contribution in [3.05, 3.63) is 71.3 Å². The highest BCUT2D eigenvalue weighted by Gasteiger charge is 2.46. The van der Waals surface area contributed by atoms with E-state index in [9.17, 15) is 18.4 Å². The number of benzene rings is 2. The Labute approximate surface area is 157 Å². The standard InChI is InChI=1S/C18H14F2N2O2S2/c19-13-7-3-1-5-11(13)17-21(15(23)9-25-17)22-16(24)10-26-18(22)12-6-2-4-8-14(12)20/h1-8,17-18H,9-10H2. The Kier molecular flexibility index (Phi) is 4.62. The first-order valence-corrected chi connectivity index (χ1v) is 10.0. The van der Waals surface area contributed by atoms with E-state index in [0.717, 1.165) is 0 Å². The highest BCUT2D eigenvalue weighted by molar-refractivity contribution is 8.01. The molecule has 0 spiro atoms. The number of hydrogen-bond donors (Lipinski definition) is 0. The van der Waals surface area contributed by atoms with E-state index in [2.05, 4.69) is 0 Å². The van der Waals surface area contributed by atoms with Crippen molar-refractivity contribution in [2.75, 3.05) is 11.5 Å². The SMILES string of the molecule is O=C1CSC(c2ccccc2F)N1N1C(=O)CSC1c1ccccc1F. The van der Waals surface area contributed by atoms with Crippen molar-refractivity contribution in [1.82, 2.24) is 10.0 Å². The number of thioether (sulfide) groups is 2. The van der Waals surface area contributed by atoms with Crippen molar-refractivity contribution in [3.8, 4) is 0 Å². The highest BCUT2D eigenvalue weighted by atomic mass is 32.2. The number of hydrogen-bond acceptors (Lipinski definition) is 4. The molecule has 2 aromatic rings. The molecular formula is C18H14F2N2O2S2. The lowest BCUT2D eigenvalue weighted by Crippen LogP contribution is -2.47. The van der Waals surface area contributed by atoms with Crippen LogP contribution >= 0.6 is 23.5 Å². The third-order valence-electron chi connectivity index (χ3n) is 4.26. The van der Waals surface area contributed by atoms with Crippen LogP contribution < -0.4 is 0 Å². The monoisotopic (exact) mass is 392 g/mol. The molecule has 2 aliphatic heterocycles. The van der Waals surface area contributed by atoms with Crippen LogP contribution in [0.2, 0.25) is 0 Å². The maximum absolute atomic E-state index is 14.3. The van der Waals surface area contributed by atoms with E-state index < -0.39 is 22.4 Å². The predicted molar refractivity (Wildman–Crippen MR) is 96.9 cm³/mol. The molecular weight excluding hydrogens is 378 g/mol. The molecule has 0 N–H and O–H groups in total. The summed E-state index contributed by atoms with van der Waals surface area (Å²) in [5.41, 5.74) is 0.667. The summed E-state index contributed by atoms with van der Waals surface area (Å²) in [5.74, 6) is -1.19. The minimum atomic E-state index is -0.652. The quantitative estimate of drug-likeness (QED) is 0.798. The summed E-state index contributed by atoms with van der Waals surface area (Å²) in [5, 5.41) is 1.28. The first-order chi connectivity index (χ1) is 12.6. The van der Waals surface area contributed by atoms with E-state index in [4.69, 9.17) is 0 Å². The second kappa shape index (κ2) is 6.92. The van der Waals surface area contributed by atoms with Gasteiger partial charge in [0.2, 0.25) is 0 Å². The molecule has 2 amide bonds. The first-order valence-electron chi connectivity index (χ1n) is 7.94.